The highest BCUT2D eigenvalue weighted by Crippen LogP contribution is 2.31. The van der Waals surface area contributed by atoms with Crippen LogP contribution in [0.3, 0.4) is 0 Å². The van der Waals surface area contributed by atoms with Gasteiger partial charge >= 0.3 is 0 Å². The topological polar surface area (TPSA) is 24.1 Å². The highest BCUT2D eigenvalue weighted by molar-refractivity contribution is 5.62. The number of hydrogen-bond acceptors (Lipinski definition) is 2. The first-order valence-corrected chi connectivity index (χ1v) is 8.55. The van der Waals surface area contributed by atoms with Crippen molar-refractivity contribution in [3.8, 4) is 0 Å². The molecule has 0 spiro atoms. The number of halogens is 1. The largest absolute Gasteiger partial charge is 0.378 e. The van der Waals surface area contributed by atoms with Gasteiger partial charge in [0.2, 0.25) is 0 Å². The molecule has 0 aromatic heterocycles. The van der Waals surface area contributed by atoms with Gasteiger partial charge in [-0.2, -0.15) is 0 Å². The van der Waals surface area contributed by atoms with Crippen LogP contribution in [0.1, 0.15) is 42.1 Å². The van der Waals surface area contributed by atoms with E-state index in [-0.39, 0.29) is 11.9 Å². The van der Waals surface area contributed by atoms with E-state index in [4.69, 9.17) is 0 Å². The van der Waals surface area contributed by atoms with Gasteiger partial charge in [-0.05, 0) is 73.7 Å². The summed E-state index contributed by atoms with van der Waals surface area (Å²) in [5.41, 5.74) is 6.65. The summed E-state index contributed by atoms with van der Waals surface area (Å²) < 4.78 is 13.1. The average molecular weight is 312 g/mol. The normalized spacial score (nSPS) is 15.6. The molecule has 0 fully saturated rings. The maximum atomic E-state index is 13.1. The third-order valence-electron chi connectivity index (χ3n) is 4.73. The Labute approximate surface area is 138 Å². The number of benzene rings is 2. The van der Waals surface area contributed by atoms with Crippen molar-refractivity contribution in [3.05, 3.63) is 64.5 Å². The molecule has 2 aromatic rings. The minimum absolute atomic E-state index is 0.156. The zero-order valence-corrected chi connectivity index (χ0v) is 14.0. The van der Waals surface area contributed by atoms with E-state index in [2.05, 4.69) is 36.6 Å². The molecule has 0 radical (unpaired) electrons. The Morgan fingerprint density at radius 3 is 2.57 bits per heavy atom. The third kappa shape index (κ3) is 3.56. The highest BCUT2D eigenvalue weighted by Gasteiger charge is 2.17. The van der Waals surface area contributed by atoms with Crippen molar-refractivity contribution in [3.63, 3.8) is 0 Å². The lowest BCUT2D eigenvalue weighted by molar-refractivity contribution is 0.626. The molecule has 0 saturated carbocycles. The first kappa shape index (κ1) is 16.0. The molecule has 2 aromatic carbocycles. The molecule has 2 N–H and O–H groups in total. The molecule has 1 aliphatic heterocycles. The van der Waals surface area contributed by atoms with Crippen molar-refractivity contribution < 1.29 is 4.39 Å². The zero-order valence-electron chi connectivity index (χ0n) is 14.0. The van der Waals surface area contributed by atoms with Gasteiger partial charge in [-0.1, -0.05) is 31.2 Å². The number of hydrogen-bond donors (Lipinski definition) is 2. The zero-order chi connectivity index (χ0) is 16.2. The maximum Gasteiger partial charge on any atom is 0.123 e. The minimum Gasteiger partial charge on any atom is -0.378 e. The van der Waals surface area contributed by atoms with E-state index in [0.717, 1.165) is 37.9 Å². The Morgan fingerprint density at radius 1 is 1.09 bits per heavy atom. The average Bonchev–Trinajstić information content (AvgIpc) is 2.81. The van der Waals surface area contributed by atoms with Gasteiger partial charge in [0.05, 0.1) is 0 Å². The summed E-state index contributed by atoms with van der Waals surface area (Å²) in [6, 6.07) is 11.5. The molecule has 1 aliphatic rings. The number of anilines is 1. The molecule has 122 valence electrons. The molecule has 1 heterocycles. The van der Waals surface area contributed by atoms with Gasteiger partial charge in [-0.25, -0.2) is 4.39 Å². The van der Waals surface area contributed by atoms with E-state index in [1.54, 1.807) is 0 Å². The van der Waals surface area contributed by atoms with Crippen LogP contribution in [0, 0.1) is 5.82 Å². The van der Waals surface area contributed by atoms with E-state index in [0.29, 0.717) is 0 Å². The van der Waals surface area contributed by atoms with Crippen molar-refractivity contribution in [2.75, 3.05) is 18.4 Å². The summed E-state index contributed by atoms with van der Waals surface area (Å²) in [6.45, 7) is 6.41. The Bertz CT molecular complexity index is 664. The molecule has 0 bridgehead atoms. The van der Waals surface area contributed by atoms with Gasteiger partial charge in [0.15, 0.2) is 0 Å². The molecular weight excluding hydrogens is 287 g/mol. The van der Waals surface area contributed by atoms with Gasteiger partial charge in [-0.3, -0.25) is 0 Å². The molecular formula is C20H25FN2. The van der Waals surface area contributed by atoms with Gasteiger partial charge in [0, 0.05) is 11.7 Å². The number of nitrogens with one attached hydrogen (secondary N) is 2. The van der Waals surface area contributed by atoms with E-state index < -0.39 is 0 Å². The van der Waals surface area contributed by atoms with Crippen LogP contribution in [-0.4, -0.2) is 13.1 Å². The first-order chi connectivity index (χ1) is 11.2. The molecule has 1 unspecified atom stereocenters. The quantitative estimate of drug-likeness (QED) is 0.882. The van der Waals surface area contributed by atoms with E-state index in [9.17, 15) is 4.39 Å². The second-order valence-corrected chi connectivity index (χ2v) is 6.26. The van der Waals surface area contributed by atoms with Crippen LogP contribution in [0.25, 0.3) is 0 Å². The van der Waals surface area contributed by atoms with Crippen LogP contribution >= 0.6 is 0 Å². The second kappa shape index (κ2) is 7.14. The Hall–Kier alpha value is -1.87. The molecule has 1 atom stereocenters. The van der Waals surface area contributed by atoms with Gasteiger partial charge in [-0.15, -0.1) is 0 Å². The standard InChI is InChI=1S/C20H25FN2/c1-3-15-4-5-17-10-12-22-13-11-19(17)20(15)23-14(2)16-6-8-18(21)9-7-16/h4-9,14,22-23H,3,10-13H2,1-2H3. The van der Waals surface area contributed by atoms with Crippen molar-refractivity contribution in [2.45, 2.75) is 39.2 Å². The predicted octanol–water partition coefficient (Wildman–Crippen LogP) is 4.25. The minimum atomic E-state index is -0.185. The fourth-order valence-electron chi connectivity index (χ4n) is 3.35. The molecule has 0 amide bonds. The number of aryl methyl sites for hydroxylation is 1. The van der Waals surface area contributed by atoms with Gasteiger partial charge in [0.25, 0.3) is 0 Å². The SMILES string of the molecule is CCc1ccc2c(c1NC(C)c1ccc(F)cc1)CCNCC2. The van der Waals surface area contributed by atoms with Crippen molar-refractivity contribution in [1.82, 2.24) is 5.32 Å². The van der Waals surface area contributed by atoms with Crippen LogP contribution in [0.2, 0.25) is 0 Å². The fraction of sp³-hybridized carbons (Fsp3) is 0.400. The third-order valence-corrected chi connectivity index (χ3v) is 4.73. The highest BCUT2D eigenvalue weighted by atomic mass is 19.1. The number of fused-ring (bicyclic) bond motifs is 1. The molecule has 0 saturated heterocycles. The van der Waals surface area contributed by atoms with Gasteiger partial charge < -0.3 is 10.6 Å². The van der Waals surface area contributed by atoms with Crippen LogP contribution in [0.15, 0.2) is 36.4 Å². The van der Waals surface area contributed by atoms with E-state index in [1.165, 1.54) is 34.5 Å². The molecule has 0 aliphatic carbocycles. The maximum absolute atomic E-state index is 13.1. The number of rotatable bonds is 4. The Morgan fingerprint density at radius 2 is 1.83 bits per heavy atom. The second-order valence-electron chi connectivity index (χ2n) is 6.26. The van der Waals surface area contributed by atoms with Crippen LogP contribution in [0.4, 0.5) is 10.1 Å². The summed E-state index contributed by atoms with van der Waals surface area (Å²) in [5.74, 6) is -0.185. The van der Waals surface area contributed by atoms with Crippen molar-refractivity contribution in [2.24, 2.45) is 0 Å². The van der Waals surface area contributed by atoms with Crippen molar-refractivity contribution in [1.29, 1.82) is 0 Å². The van der Waals surface area contributed by atoms with Crippen LogP contribution < -0.4 is 10.6 Å². The van der Waals surface area contributed by atoms with E-state index in [1.807, 2.05) is 12.1 Å². The summed E-state index contributed by atoms with van der Waals surface area (Å²) in [7, 11) is 0. The Balaban J connectivity index is 1.93. The molecule has 3 heteroatoms. The fourth-order valence-corrected chi connectivity index (χ4v) is 3.35. The van der Waals surface area contributed by atoms with E-state index >= 15 is 0 Å². The lowest BCUT2D eigenvalue weighted by atomic mass is 9.95. The van der Waals surface area contributed by atoms with Crippen LogP contribution in [0.5, 0.6) is 0 Å². The summed E-state index contributed by atoms with van der Waals surface area (Å²) >= 11 is 0. The summed E-state index contributed by atoms with van der Waals surface area (Å²) in [6.07, 6.45) is 3.15. The van der Waals surface area contributed by atoms with Gasteiger partial charge in [0.1, 0.15) is 5.82 Å². The lowest BCUT2D eigenvalue weighted by Gasteiger charge is -2.23. The summed E-state index contributed by atoms with van der Waals surface area (Å²) in [4.78, 5) is 0. The smallest absolute Gasteiger partial charge is 0.123 e. The molecule has 23 heavy (non-hydrogen) atoms. The molecule has 3 rings (SSSR count). The monoisotopic (exact) mass is 312 g/mol. The van der Waals surface area contributed by atoms with Crippen LogP contribution in [-0.2, 0) is 19.3 Å². The lowest BCUT2D eigenvalue weighted by Crippen LogP contribution is -2.16. The molecule has 2 nitrogen and oxygen atoms in total. The Kier molecular flexibility index (Phi) is 4.97. The predicted molar refractivity (Wildman–Crippen MR) is 94.5 cm³/mol. The summed E-state index contributed by atoms with van der Waals surface area (Å²) in [5, 5.41) is 7.18. The van der Waals surface area contributed by atoms with Crippen molar-refractivity contribution >= 4 is 5.69 Å². The first-order valence-electron chi connectivity index (χ1n) is 8.55.